The fourth-order valence-electron chi connectivity index (χ4n) is 2.99. The third kappa shape index (κ3) is 2.28. The smallest absolute Gasteiger partial charge is 0.0595 e. The van der Waals surface area contributed by atoms with Crippen molar-refractivity contribution in [2.24, 2.45) is 5.73 Å². The van der Waals surface area contributed by atoms with Crippen LogP contribution in [-0.4, -0.2) is 23.5 Å². The van der Waals surface area contributed by atoms with Crippen LogP contribution in [0.4, 0.5) is 0 Å². The Morgan fingerprint density at radius 2 is 2.18 bits per heavy atom. The van der Waals surface area contributed by atoms with Crippen molar-refractivity contribution in [3.8, 4) is 0 Å². The zero-order valence-corrected chi connectivity index (χ0v) is 11.4. The lowest BCUT2D eigenvalue weighted by Crippen LogP contribution is -2.46. The Labute approximate surface area is 108 Å². The Morgan fingerprint density at radius 1 is 1.35 bits per heavy atom. The molecule has 2 fully saturated rings. The molecule has 3 rings (SSSR count). The minimum absolute atomic E-state index is 0.340. The average Bonchev–Trinajstić information content (AvgIpc) is 3.08. The third-order valence-electron chi connectivity index (χ3n) is 4.05. The van der Waals surface area contributed by atoms with Crippen molar-refractivity contribution in [2.75, 3.05) is 6.54 Å². The first-order valence-corrected chi connectivity index (χ1v) is 7.71. The van der Waals surface area contributed by atoms with Gasteiger partial charge in [-0.3, -0.25) is 4.90 Å². The molecule has 0 radical (unpaired) electrons. The van der Waals surface area contributed by atoms with Gasteiger partial charge in [0, 0.05) is 21.8 Å². The van der Waals surface area contributed by atoms with E-state index in [1.165, 1.54) is 42.0 Å². The van der Waals surface area contributed by atoms with Gasteiger partial charge in [0.1, 0.15) is 0 Å². The number of likely N-dealkylation sites (tertiary alicyclic amines) is 1. The number of aryl methyl sites for hydroxylation is 1. The van der Waals surface area contributed by atoms with E-state index in [2.05, 4.69) is 24.0 Å². The van der Waals surface area contributed by atoms with Gasteiger partial charge in [-0.1, -0.05) is 6.92 Å². The Balaban J connectivity index is 1.85. The van der Waals surface area contributed by atoms with Crippen LogP contribution in [0.3, 0.4) is 0 Å². The molecule has 94 valence electrons. The molecule has 2 aliphatic rings. The van der Waals surface area contributed by atoms with Crippen molar-refractivity contribution in [1.82, 2.24) is 4.90 Å². The highest BCUT2D eigenvalue weighted by atomic mass is 32.1. The molecule has 0 amide bonds. The van der Waals surface area contributed by atoms with E-state index in [1.54, 1.807) is 0 Å². The maximum atomic E-state index is 6.38. The van der Waals surface area contributed by atoms with Gasteiger partial charge in [0.15, 0.2) is 0 Å². The molecule has 3 heteroatoms. The highest BCUT2D eigenvalue weighted by molar-refractivity contribution is 7.12. The zero-order chi connectivity index (χ0) is 11.8. The van der Waals surface area contributed by atoms with Crippen molar-refractivity contribution in [1.29, 1.82) is 0 Å². The standard InChI is InChI=1S/C14H22N2S/c1-2-11-7-8-13(17-11)14-12(15)4-3-9-16(14)10-5-6-10/h7-8,10,12,14H,2-6,9,15H2,1H3. The van der Waals surface area contributed by atoms with Crippen molar-refractivity contribution in [3.05, 3.63) is 21.9 Å². The van der Waals surface area contributed by atoms with Crippen molar-refractivity contribution >= 4 is 11.3 Å². The number of nitrogens with zero attached hydrogens (tertiary/aromatic N) is 1. The van der Waals surface area contributed by atoms with Crippen molar-refractivity contribution in [2.45, 2.75) is 57.2 Å². The van der Waals surface area contributed by atoms with Gasteiger partial charge in [-0.25, -0.2) is 0 Å². The topological polar surface area (TPSA) is 29.3 Å². The van der Waals surface area contributed by atoms with Gasteiger partial charge in [-0.15, -0.1) is 11.3 Å². The second-order valence-electron chi connectivity index (χ2n) is 5.38. The van der Waals surface area contributed by atoms with Crippen LogP contribution >= 0.6 is 11.3 Å². The van der Waals surface area contributed by atoms with Gasteiger partial charge in [0.05, 0.1) is 6.04 Å². The van der Waals surface area contributed by atoms with Crippen molar-refractivity contribution < 1.29 is 0 Å². The quantitative estimate of drug-likeness (QED) is 0.893. The van der Waals surface area contributed by atoms with E-state index in [0.717, 1.165) is 12.5 Å². The zero-order valence-electron chi connectivity index (χ0n) is 10.6. The first-order valence-electron chi connectivity index (χ1n) is 6.89. The first-order chi connectivity index (χ1) is 8.29. The summed E-state index contributed by atoms with van der Waals surface area (Å²) in [6.07, 6.45) is 6.38. The summed E-state index contributed by atoms with van der Waals surface area (Å²) in [5.74, 6) is 0. The molecular weight excluding hydrogens is 228 g/mol. The van der Waals surface area contributed by atoms with E-state index < -0.39 is 0 Å². The van der Waals surface area contributed by atoms with Gasteiger partial charge in [0.2, 0.25) is 0 Å². The van der Waals surface area contributed by atoms with Crippen LogP contribution in [-0.2, 0) is 6.42 Å². The molecule has 17 heavy (non-hydrogen) atoms. The van der Waals surface area contributed by atoms with E-state index in [0.29, 0.717) is 12.1 Å². The van der Waals surface area contributed by atoms with Gasteiger partial charge < -0.3 is 5.73 Å². The Kier molecular flexibility index (Phi) is 3.24. The van der Waals surface area contributed by atoms with Crippen LogP contribution in [0.5, 0.6) is 0 Å². The summed E-state index contributed by atoms with van der Waals surface area (Å²) in [6, 6.07) is 6.27. The number of piperidine rings is 1. The van der Waals surface area contributed by atoms with E-state index in [1.807, 2.05) is 11.3 Å². The number of rotatable bonds is 3. The number of thiophene rings is 1. The van der Waals surface area contributed by atoms with Crippen LogP contribution in [0.1, 0.15) is 48.4 Å². The third-order valence-corrected chi connectivity index (χ3v) is 5.36. The Morgan fingerprint density at radius 3 is 2.82 bits per heavy atom. The molecule has 2 unspecified atom stereocenters. The number of hydrogen-bond acceptors (Lipinski definition) is 3. The van der Waals surface area contributed by atoms with Crippen LogP contribution in [0, 0.1) is 0 Å². The normalized spacial score (nSPS) is 30.7. The lowest BCUT2D eigenvalue weighted by molar-refractivity contribution is 0.122. The molecule has 1 aliphatic heterocycles. The predicted molar refractivity (Wildman–Crippen MR) is 73.4 cm³/mol. The minimum Gasteiger partial charge on any atom is -0.326 e. The molecule has 2 heterocycles. The molecule has 0 bridgehead atoms. The van der Waals surface area contributed by atoms with Crippen LogP contribution in [0.25, 0.3) is 0 Å². The lowest BCUT2D eigenvalue weighted by atomic mass is 9.95. The molecular formula is C14H22N2S. The molecule has 2 N–H and O–H groups in total. The highest BCUT2D eigenvalue weighted by Crippen LogP contribution is 2.41. The molecule has 0 spiro atoms. The van der Waals surface area contributed by atoms with Gasteiger partial charge in [-0.05, 0) is 50.8 Å². The summed E-state index contributed by atoms with van der Waals surface area (Å²) in [4.78, 5) is 5.67. The number of nitrogens with two attached hydrogens (primary N) is 1. The summed E-state index contributed by atoms with van der Waals surface area (Å²) >= 11 is 1.97. The van der Waals surface area contributed by atoms with Gasteiger partial charge >= 0.3 is 0 Å². The molecule has 0 aromatic carbocycles. The van der Waals surface area contributed by atoms with Crippen molar-refractivity contribution in [3.63, 3.8) is 0 Å². The average molecular weight is 250 g/mol. The fourth-order valence-corrected chi connectivity index (χ4v) is 4.14. The van der Waals surface area contributed by atoms with E-state index in [4.69, 9.17) is 5.73 Å². The summed E-state index contributed by atoms with van der Waals surface area (Å²) in [5.41, 5.74) is 6.38. The minimum atomic E-state index is 0.340. The first kappa shape index (κ1) is 11.7. The SMILES string of the molecule is CCc1ccc(C2C(N)CCCN2C2CC2)s1. The molecule has 1 aliphatic carbocycles. The predicted octanol–water partition coefficient (Wildman–Crippen LogP) is 2.94. The monoisotopic (exact) mass is 250 g/mol. The maximum absolute atomic E-state index is 6.38. The second kappa shape index (κ2) is 4.71. The number of hydrogen-bond donors (Lipinski definition) is 1. The summed E-state index contributed by atoms with van der Waals surface area (Å²) in [6.45, 7) is 3.48. The summed E-state index contributed by atoms with van der Waals surface area (Å²) < 4.78 is 0. The van der Waals surface area contributed by atoms with E-state index in [9.17, 15) is 0 Å². The molecule has 2 atom stereocenters. The van der Waals surface area contributed by atoms with Crippen LogP contribution in [0.2, 0.25) is 0 Å². The highest BCUT2D eigenvalue weighted by Gasteiger charge is 2.39. The Bertz CT molecular complexity index is 383. The lowest BCUT2D eigenvalue weighted by Gasteiger charge is -2.39. The summed E-state index contributed by atoms with van der Waals surface area (Å²) in [5, 5.41) is 0. The molecule has 1 saturated carbocycles. The van der Waals surface area contributed by atoms with Gasteiger partial charge in [-0.2, -0.15) is 0 Å². The fraction of sp³-hybridized carbons (Fsp3) is 0.714. The Hall–Kier alpha value is -0.380. The van der Waals surface area contributed by atoms with E-state index >= 15 is 0 Å². The molecule has 2 nitrogen and oxygen atoms in total. The second-order valence-corrected chi connectivity index (χ2v) is 6.58. The van der Waals surface area contributed by atoms with Gasteiger partial charge in [0.25, 0.3) is 0 Å². The maximum Gasteiger partial charge on any atom is 0.0595 e. The van der Waals surface area contributed by atoms with E-state index in [-0.39, 0.29) is 0 Å². The van der Waals surface area contributed by atoms with Crippen LogP contribution in [0.15, 0.2) is 12.1 Å². The molecule has 1 saturated heterocycles. The van der Waals surface area contributed by atoms with Crippen LogP contribution < -0.4 is 5.73 Å². The molecule has 1 aromatic heterocycles. The summed E-state index contributed by atoms with van der Waals surface area (Å²) in [7, 11) is 0. The molecule has 1 aromatic rings. The largest absolute Gasteiger partial charge is 0.326 e.